The first-order valence-corrected chi connectivity index (χ1v) is 8.22. The molecule has 7 heteroatoms. The number of rotatable bonds is 2. The van der Waals surface area contributed by atoms with Crippen molar-refractivity contribution in [3.8, 4) is 0 Å². The minimum atomic E-state index is -0.377. The molecule has 0 N–H and O–H groups in total. The zero-order valence-corrected chi connectivity index (χ0v) is 14.3. The van der Waals surface area contributed by atoms with E-state index in [-0.39, 0.29) is 11.7 Å². The largest absolute Gasteiger partial charge is 0.339 e. The number of carbonyl (C=O) groups is 1. The van der Waals surface area contributed by atoms with Gasteiger partial charge in [-0.25, -0.2) is 4.39 Å². The maximum absolute atomic E-state index is 13.4. The lowest BCUT2D eigenvalue weighted by Gasteiger charge is -2.31. The molecule has 1 amide bonds. The molecular weight excluding hydrogens is 398 g/mol. The van der Waals surface area contributed by atoms with Crippen molar-refractivity contribution in [3.05, 3.63) is 45.3 Å². The highest BCUT2D eigenvalue weighted by Crippen LogP contribution is 2.27. The summed E-state index contributed by atoms with van der Waals surface area (Å²) in [7, 11) is 1.93. The summed E-state index contributed by atoms with van der Waals surface area (Å²) >= 11 is 2.07. The third kappa shape index (κ3) is 2.99. The highest BCUT2D eigenvalue weighted by atomic mass is 127. The van der Waals surface area contributed by atoms with E-state index in [4.69, 9.17) is 0 Å². The lowest BCUT2D eigenvalue weighted by molar-refractivity contribution is 0.0709. The number of nitrogens with zero attached hydrogens (tertiary/aromatic N) is 4. The first-order valence-electron chi connectivity index (χ1n) is 7.14. The summed E-state index contributed by atoms with van der Waals surface area (Å²) in [6.45, 7) is 1.31. The van der Waals surface area contributed by atoms with Crippen molar-refractivity contribution in [2.75, 3.05) is 13.1 Å². The van der Waals surface area contributed by atoms with Gasteiger partial charge in [0.1, 0.15) is 18.0 Å². The topological polar surface area (TPSA) is 51.0 Å². The molecule has 1 aliphatic heterocycles. The molecule has 0 saturated carbocycles. The molecule has 22 heavy (non-hydrogen) atoms. The summed E-state index contributed by atoms with van der Waals surface area (Å²) in [4.78, 5) is 14.3. The molecule has 1 saturated heterocycles. The van der Waals surface area contributed by atoms with Gasteiger partial charge in [0.05, 0.1) is 5.56 Å². The van der Waals surface area contributed by atoms with Crippen LogP contribution in [0.3, 0.4) is 0 Å². The Morgan fingerprint density at radius 2 is 2.09 bits per heavy atom. The third-order valence-corrected chi connectivity index (χ3v) is 4.99. The molecule has 1 aromatic carbocycles. The van der Waals surface area contributed by atoms with Gasteiger partial charge < -0.3 is 9.47 Å². The van der Waals surface area contributed by atoms with Crippen molar-refractivity contribution < 1.29 is 9.18 Å². The summed E-state index contributed by atoms with van der Waals surface area (Å²) in [5, 5.41) is 8.06. The Labute approximate surface area is 141 Å². The average molecular weight is 414 g/mol. The fraction of sp³-hybridized carbons (Fsp3) is 0.400. The van der Waals surface area contributed by atoms with Crippen molar-refractivity contribution in [2.24, 2.45) is 7.05 Å². The van der Waals surface area contributed by atoms with Gasteiger partial charge in [0.25, 0.3) is 5.91 Å². The van der Waals surface area contributed by atoms with Crippen molar-refractivity contribution in [2.45, 2.75) is 18.8 Å². The van der Waals surface area contributed by atoms with Gasteiger partial charge >= 0.3 is 0 Å². The van der Waals surface area contributed by atoms with Crippen LogP contribution in [-0.2, 0) is 7.05 Å². The molecule has 0 bridgehead atoms. The number of carbonyl (C=O) groups excluding carboxylic acids is 1. The van der Waals surface area contributed by atoms with E-state index in [1.165, 1.54) is 12.1 Å². The summed E-state index contributed by atoms with van der Waals surface area (Å²) in [5.41, 5.74) is 0.442. The highest BCUT2D eigenvalue weighted by molar-refractivity contribution is 14.1. The van der Waals surface area contributed by atoms with E-state index in [9.17, 15) is 9.18 Å². The molecule has 0 aliphatic carbocycles. The van der Waals surface area contributed by atoms with Gasteiger partial charge in [-0.15, -0.1) is 10.2 Å². The van der Waals surface area contributed by atoms with Crippen LogP contribution in [0.5, 0.6) is 0 Å². The van der Waals surface area contributed by atoms with Crippen LogP contribution in [-0.4, -0.2) is 38.7 Å². The maximum Gasteiger partial charge on any atom is 0.255 e. The number of benzene rings is 1. The van der Waals surface area contributed by atoms with Gasteiger partial charge in [-0.2, -0.15) is 0 Å². The van der Waals surface area contributed by atoms with Crippen LogP contribution in [0.25, 0.3) is 0 Å². The first-order chi connectivity index (χ1) is 10.6. The normalized spacial score (nSPS) is 16.0. The smallest absolute Gasteiger partial charge is 0.255 e. The standard InChI is InChI=1S/C15H16FIN4O/c1-20-9-18-19-14(20)10-4-6-21(7-5-10)15(22)12-8-11(16)2-3-13(12)17/h2-3,8-10H,4-7H2,1H3. The fourth-order valence-electron chi connectivity index (χ4n) is 2.83. The molecule has 2 aromatic rings. The number of hydrogen-bond acceptors (Lipinski definition) is 3. The van der Waals surface area contributed by atoms with E-state index in [1.54, 1.807) is 17.3 Å². The Bertz CT molecular complexity index is 695. The molecule has 3 rings (SSSR count). The van der Waals surface area contributed by atoms with Crippen LogP contribution >= 0.6 is 22.6 Å². The molecule has 0 spiro atoms. The number of aromatic nitrogens is 3. The lowest BCUT2D eigenvalue weighted by atomic mass is 9.95. The van der Waals surface area contributed by atoms with Crippen molar-refractivity contribution >= 4 is 28.5 Å². The van der Waals surface area contributed by atoms with Crippen molar-refractivity contribution in [1.82, 2.24) is 19.7 Å². The van der Waals surface area contributed by atoms with E-state index in [2.05, 4.69) is 32.8 Å². The number of halogens is 2. The lowest BCUT2D eigenvalue weighted by Crippen LogP contribution is -2.38. The van der Waals surface area contributed by atoms with Gasteiger partial charge in [0.15, 0.2) is 0 Å². The summed E-state index contributed by atoms with van der Waals surface area (Å²) in [5.74, 6) is 0.814. The predicted molar refractivity (Wildman–Crippen MR) is 88.0 cm³/mol. The van der Waals surface area contributed by atoms with E-state index in [1.807, 2.05) is 11.6 Å². The molecule has 2 heterocycles. The van der Waals surface area contributed by atoms with Crippen molar-refractivity contribution in [1.29, 1.82) is 0 Å². The summed E-state index contributed by atoms with van der Waals surface area (Å²) in [6, 6.07) is 4.33. The summed E-state index contributed by atoms with van der Waals surface area (Å²) in [6.07, 6.45) is 3.40. The van der Waals surface area contributed by atoms with Crippen LogP contribution in [0, 0.1) is 9.39 Å². The summed E-state index contributed by atoms with van der Waals surface area (Å²) < 4.78 is 16.1. The van der Waals surface area contributed by atoms with Gasteiger partial charge in [0.2, 0.25) is 0 Å². The molecule has 0 atom stereocenters. The first kappa shape index (κ1) is 15.4. The molecule has 116 valence electrons. The van der Waals surface area contributed by atoms with E-state index >= 15 is 0 Å². The fourth-order valence-corrected chi connectivity index (χ4v) is 3.40. The molecule has 0 unspecified atom stereocenters. The molecule has 1 aromatic heterocycles. The van der Waals surface area contributed by atoms with Gasteiger partial charge in [-0.1, -0.05) is 0 Å². The van der Waals surface area contributed by atoms with Crippen molar-refractivity contribution in [3.63, 3.8) is 0 Å². The number of likely N-dealkylation sites (tertiary alicyclic amines) is 1. The van der Waals surface area contributed by atoms with Gasteiger partial charge in [-0.05, 0) is 53.6 Å². The SMILES string of the molecule is Cn1cnnc1C1CCN(C(=O)c2cc(F)ccc2I)CC1. The Balaban J connectivity index is 1.70. The Hall–Kier alpha value is -1.51. The van der Waals surface area contributed by atoms with E-state index in [0.29, 0.717) is 24.6 Å². The number of aryl methyl sites for hydroxylation is 1. The number of hydrogen-bond donors (Lipinski definition) is 0. The third-order valence-electron chi connectivity index (χ3n) is 4.05. The van der Waals surface area contributed by atoms with Crippen LogP contribution in [0.15, 0.2) is 24.5 Å². The minimum Gasteiger partial charge on any atom is -0.339 e. The van der Waals surface area contributed by atoms with E-state index < -0.39 is 0 Å². The quantitative estimate of drug-likeness (QED) is 0.711. The average Bonchev–Trinajstić information content (AvgIpc) is 2.95. The highest BCUT2D eigenvalue weighted by Gasteiger charge is 2.27. The van der Waals surface area contributed by atoms with Gasteiger partial charge in [-0.3, -0.25) is 4.79 Å². The Morgan fingerprint density at radius 1 is 1.36 bits per heavy atom. The second-order valence-corrected chi connectivity index (χ2v) is 6.65. The van der Waals surface area contributed by atoms with Crippen LogP contribution in [0.1, 0.15) is 34.9 Å². The zero-order valence-electron chi connectivity index (χ0n) is 12.2. The minimum absolute atomic E-state index is 0.0969. The Morgan fingerprint density at radius 3 is 2.73 bits per heavy atom. The second-order valence-electron chi connectivity index (χ2n) is 5.49. The van der Waals surface area contributed by atoms with Crippen LogP contribution in [0.4, 0.5) is 4.39 Å². The zero-order chi connectivity index (χ0) is 15.7. The number of piperidine rings is 1. The van der Waals surface area contributed by atoms with Crippen LogP contribution in [0.2, 0.25) is 0 Å². The van der Waals surface area contributed by atoms with Crippen LogP contribution < -0.4 is 0 Å². The monoisotopic (exact) mass is 414 g/mol. The van der Waals surface area contributed by atoms with Gasteiger partial charge in [0, 0.05) is 29.6 Å². The molecule has 1 aliphatic rings. The molecule has 0 radical (unpaired) electrons. The predicted octanol–water partition coefficient (Wildman–Crippen LogP) is 2.58. The molecule has 1 fully saturated rings. The second kappa shape index (κ2) is 6.31. The Kier molecular flexibility index (Phi) is 4.42. The van der Waals surface area contributed by atoms with E-state index in [0.717, 1.165) is 22.2 Å². The maximum atomic E-state index is 13.4. The molecular formula is C15H16FIN4O. The number of amides is 1. The molecule has 5 nitrogen and oxygen atoms in total.